The molecule has 2 aliphatic carbocycles. The number of benzene rings is 6. The highest BCUT2D eigenvalue weighted by molar-refractivity contribution is 5.98. The van der Waals surface area contributed by atoms with E-state index in [-0.39, 0.29) is 0 Å². The van der Waals surface area contributed by atoms with Crippen molar-refractivity contribution in [1.82, 2.24) is 4.98 Å². The summed E-state index contributed by atoms with van der Waals surface area (Å²) in [4.78, 5) is 4.82. The molecule has 5 nitrogen and oxygen atoms in total. The molecule has 1 spiro atoms. The first-order valence-electron chi connectivity index (χ1n) is 18.5. The molecule has 9 rings (SSSR count). The van der Waals surface area contributed by atoms with Crippen molar-refractivity contribution in [3.05, 3.63) is 150 Å². The maximum atomic E-state index is 6.05. The van der Waals surface area contributed by atoms with Gasteiger partial charge in [0.15, 0.2) is 23.0 Å². The Balaban J connectivity index is 1.30. The molecule has 270 valence electrons. The molecule has 0 amide bonds. The average Bonchev–Trinajstić information content (AvgIpc) is 3.70. The normalized spacial score (nSPS) is 11.8. The Labute approximate surface area is 332 Å². The minimum atomic E-state index is -0.788. The van der Waals surface area contributed by atoms with Crippen molar-refractivity contribution in [2.75, 3.05) is 0 Å². The molecule has 1 heterocycles. The van der Waals surface area contributed by atoms with Crippen LogP contribution in [-0.2, 0) is 5.41 Å². The van der Waals surface area contributed by atoms with Gasteiger partial charge in [0, 0.05) is 44.8 Å². The van der Waals surface area contributed by atoms with Crippen molar-refractivity contribution < 1.29 is 18.9 Å². The van der Waals surface area contributed by atoms with E-state index in [1.807, 2.05) is 30.5 Å². The Morgan fingerprint density at radius 2 is 0.947 bits per heavy atom. The molecule has 7 aromatic rings. The molecule has 1 aromatic heterocycles. The molecule has 5 heteroatoms. The number of ether oxygens (including phenoxy) is 4. The SMILES string of the molecule is CC#COc1cc2c(cc1OC#CC)C1(c3ccccc3-c3cc(-c4cccc(-c5nccc6ccccc56)c4)ccc31)c1cc(OC#CC)c(OC#CC)cc1-2. The van der Waals surface area contributed by atoms with Gasteiger partial charge in [-0.3, -0.25) is 4.98 Å². The quantitative estimate of drug-likeness (QED) is 0.159. The summed E-state index contributed by atoms with van der Waals surface area (Å²) < 4.78 is 24.0. The van der Waals surface area contributed by atoms with E-state index >= 15 is 0 Å². The van der Waals surface area contributed by atoms with E-state index in [9.17, 15) is 0 Å². The summed E-state index contributed by atoms with van der Waals surface area (Å²) in [6, 6.07) is 42.4. The molecule has 0 radical (unpaired) electrons. The van der Waals surface area contributed by atoms with Crippen LogP contribution in [0.25, 0.3) is 55.4 Å². The molecule has 0 aliphatic heterocycles. The highest BCUT2D eigenvalue weighted by Crippen LogP contribution is 2.65. The maximum Gasteiger partial charge on any atom is 0.184 e. The highest BCUT2D eigenvalue weighted by atomic mass is 16.5. The third kappa shape index (κ3) is 5.62. The fourth-order valence-electron chi connectivity index (χ4n) is 8.31. The molecule has 0 saturated heterocycles. The second-order valence-electron chi connectivity index (χ2n) is 13.5. The van der Waals surface area contributed by atoms with E-state index in [1.54, 1.807) is 27.7 Å². The van der Waals surface area contributed by atoms with Crippen LogP contribution in [0.4, 0.5) is 0 Å². The zero-order valence-electron chi connectivity index (χ0n) is 31.7. The third-order valence-corrected chi connectivity index (χ3v) is 10.5. The lowest BCUT2D eigenvalue weighted by Crippen LogP contribution is -2.26. The van der Waals surface area contributed by atoms with E-state index in [1.165, 1.54) is 0 Å². The first kappa shape index (κ1) is 34.9. The zero-order chi connectivity index (χ0) is 38.9. The van der Waals surface area contributed by atoms with Crippen molar-refractivity contribution >= 4 is 10.8 Å². The lowest BCUT2D eigenvalue weighted by Gasteiger charge is -2.31. The molecule has 6 aromatic carbocycles. The van der Waals surface area contributed by atoms with Gasteiger partial charge in [-0.2, -0.15) is 0 Å². The van der Waals surface area contributed by atoms with Crippen molar-refractivity contribution in [1.29, 1.82) is 0 Å². The molecule has 0 saturated carbocycles. The van der Waals surface area contributed by atoms with Crippen LogP contribution in [0.3, 0.4) is 0 Å². The largest absolute Gasteiger partial charge is 0.404 e. The summed E-state index contributed by atoms with van der Waals surface area (Å²) in [5, 5.41) is 2.27. The van der Waals surface area contributed by atoms with E-state index < -0.39 is 5.41 Å². The molecule has 0 unspecified atom stereocenters. The van der Waals surface area contributed by atoms with Gasteiger partial charge in [-0.1, -0.05) is 103 Å². The van der Waals surface area contributed by atoms with Crippen molar-refractivity contribution in [2.24, 2.45) is 0 Å². The third-order valence-electron chi connectivity index (χ3n) is 10.5. The first-order valence-corrected chi connectivity index (χ1v) is 18.5. The fraction of sp³-hybridized carbons (Fsp3) is 0.0962. The number of hydrogen-bond acceptors (Lipinski definition) is 5. The maximum absolute atomic E-state index is 6.05. The lowest BCUT2D eigenvalue weighted by atomic mass is 9.70. The summed E-state index contributed by atoms with van der Waals surface area (Å²) in [7, 11) is 0. The van der Waals surface area contributed by atoms with Crippen molar-refractivity contribution in [2.45, 2.75) is 33.1 Å². The van der Waals surface area contributed by atoms with Gasteiger partial charge >= 0.3 is 0 Å². The van der Waals surface area contributed by atoms with Crippen LogP contribution >= 0.6 is 0 Å². The average molecular weight is 736 g/mol. The molecular weight excluding hydrogens is 703 g/mol. The monoisotopic (exact) mass is 735 g/mol. The van der Waals surface area contributed by atoms with E-state index in [0.29, 0.717) is 23.0 Å². The molecule has 2 aliphatic rings. The highest BCUT2D eigenvalue weighted by Gasteiger charge is 2.53. The van der Waals surface area contributed by atoms with Crippen LogP contribution < -0.4 is 18.9 Å². The van der Waals surface area contributed by atoms with Gasteiger partial charge in [0.05, 0.1) is 11.1 Å². The van der Waals surface area contributed by atoms with Crippen LogP contribution in [0.5, 0.6) is 23.0 Å². The van der Waals surface area contributed by atoms with Gasteiger partial charge in [-0.15, -0.1) is 0 Å². The summed E-state index contributed by atoms with van der Waals surface area (Å²) >= 11 is 0. The second-order valence-corrected chi connectivity index (χ2v) is 13.5. The van der Waals surface area contributed by atoms with E-state index in [0.717, 1.165) is 77.7 Å². The molecule has 0 bridgehead atoms. The number of fused-ring (bicyclic) bond motifs is 11. The number of pyridine rings is 1. The molecule has 0 fully saturated rings. The Hall–Kier alpha value is -7.83. The lowest BCUT2D eigenvalue weighted by molar-refractivity contribution is 0.450. The van der Waals surface area contributed by atoms with Gasteiger partial charge in [-0.25, -0.2) is 0 Å². The summed E-state index contributed by atoms with van der Waals surface area (Å²) in [5.74, 6) is 13.2. The summed E-state index contributed by atoms with van der Waals surface area (Å²) in [5.41, 5.74) is 11.7. The number of rotatable bonds is 6. The Kier molecular flexibility index (Phi) is 8.84. The van der Waals surface area contributed by atoms with Crippen molar-refractivity contribution in [3.63, 3.8) is 0 Å². The minimum Gasteiger partial charge on any atom is -0.404 e. The Bertz CT molecular complexity index is 2950. The van der Waals surface area contributed by atoms with Crippen LogP contribution in [0.15, 0.2) is 128 Å². The molecule has 0 N–H and O–H groups in total. The standard InChI is InChI=1S/C52H33NO4/c1-5-24-54-47-30-41-42-31-48(55-25-6-2)50(57-27-8-4)33-46(42)52(45(41)32-49(47)56-26-7-3)43-19-12-11-18-39(43)40-29-36(20-21-44(40)52)35-15-13-16-37(28-35)51-38-17-10-9-14-34(38)22-23-53-51/h9-23,28-33H,1-4H3. The van der Waals surface area contributed by atoms with Crippen LogP contribution in [0.2, 0.25) is 0 Å². The molecule has 57 heavy (non-hydrogen) atoms. The molecule has 0 atom stereocenters. The number of aromatic nitrogens is 1. The molecular formula is C52H33NO4. The number of hydrogen-bond donors (Lipinski definition) is 0. The second kappa shape index (κ2) is 14.4. The minimum absolute atomic E-state index is 0.448. The van der Waals surface area contributed by atoms with Gasteiger partial charge in [0.2, 0.25) is 0 Å². The van der Waals surface area contributed by atoms with Gasteiger partial charge in [-0.05, 0) is 103 Å². The van der Waals surface area contributed by atoms with Crippen LogP contribution in [0, 0.1) is 48.1 Å². The van der Waals surface area contributed by atoms with E-state index in [2.05, 4.69) is 145 Å². The van der Waals surface area contributed by atoms with Gasteiger partial charge in [0.1, 0.15) is 24.4 Å². The fourth-order valence-corrected chi connectivity index (χ4v) is 8.31. The van der Waals surface area contributed by atoms with Crippen LogP contribution in [0.1, 0.15) is 49.9 Å². The smallest absolute Gasteiger partial charge is 0.184 e. The van der Waals surface area contributed by atoms with Crippen molar-refractivity contribution in [3.8, 4) is 116 Å². The van der Waals surface area contributed by atoms with Crippen LogP contribution in [-0.4, -0.2) is 4.98 Å². The Morgan fingerprint density at radius 1 is 0.421 bits per heavy atom. The summed E-state index contributed by atoms with van der Waals surface area (Å²) in [6.45, 7) is 6.91. The summed E-state index contributed by atoms with van der Waals surface area (Å²) in [6.07, 6.45) is 12.9. The predicted octanol–water partition coefficient (Wildman–Crippen LogP) is 11.4. The predicted molar refractivity (Wildman–Crippen MR) is 225 cm³/mol. The number of nitrogens with zero attached hydrogens (tertiary/aromatic N) is 1. The topological polar surface area (TPSA) is 49.8 Å². The zero-order valence-corrected chi connectivity index (χ0v) is 31.7. The van der Waals surface area contributed by atoms with Gasteiger partial charge < -0.3 is 18.9 Å². The van der Waals surface area contributed by atoms with E-state index in [4.69, 9.17) is 23.9 Å². The first-order chi connectivity index (χ1) is 28.1. The Morgan fingerprint density at radius 3 is 1.60 bits per heavy atom. The van der Waals surface area contributed by atoms with Gasteiger partial charge in [0.25, 0.3) is 0 Å².